The zero-order chi connectivity index (χ0) is 11.1. The first-order valence-corrected chi connectivity index (χ1v) is 6.07. The van der Waals surface area contributed by atoms with Gasteiger partial charge in [0.05, 0.1) is 17.9 Å². The Morgan fingerprint density at radius 1 is 1.50 bits per heavy atom. The van der Waals surface area contributed by atoms with Crippen LogP contribution in [0.15, 0.2) is 0 Å². The monoisotopic (exact) mass is 219 g/mol. The van der Waals surface area contributed by atoms with E-state index in [0.717, 1.165) is 25.7 Å². The van der Waals surface area contributed by atoms with E-state index in [1.54, 1.807) is 0 Å². The summed E-state index contributed by atoms with van der Waals surface area (Å²) in [5.41, 5.74) is 3.80. The standard InChI is InChI=1S/C12H17N3O/c1-15-11(7-13-12(16)8-5-6-8)9-3-2-4-10(9)14-15/h8H,2-7H2,1H3,(H,13,16). The lowest BCUT2D eigenvalue weighted by atomic mass is 10.2. The summed E-state index contributed by atoms with van der Waals surface area (Å²) >= 11 is 0. The summed E-state index contributed by atoms with van der Waals surface area (Å²) in [5, 5.41) is 7.51. The number of carbonyl (C=O) groups is 1. The molecule has 1 amide bonds. The zero-order valence-corrected chi connectivity index (χ0v) is 9.62. The Morgan fingerprint density at radius 2 is 2.31 bits per heavy atom. The average molecular weight is 219 g/mol. The molecule has 0 spiro atoms. The highest BCUT2D eigenvalue weighted by atomic mass is 16.2. The minimum absolute atomic E-state index is 0.216. The van der Waals surface area contributed by atoms with Crippen LogP contribution in [0.25, 0.3) is 0 Å². The van der Waals surface area contributed by atoms with Gasteiger partial charge in [-0.25, -0.2) is 0 Å². The number of amides is 1. The van der Waals surface area contributed by atoms with E-state index in [0.29, 0.717) is 12.5 Å². The second-order valence-corrected chi connectivity index (χ2v) is 4.84. The fourth-order valence-electron chi connectivity index (χ4n) is 2.47. The Labute approximate surface area is 95.0 Å². The molecule has 2 aliphatic rings. The predicted molar refractivity (Wildman–Crippen MR) is 59.8 cm³/mol. The fourth-order valence-corrected chi connectivity index (χ4v) is 2.47. The smallest absolute Gasteiger partial charge is 0.223 e. The van der Waals surface area contributed by atoms with Crippen molar-refractivity contribution in [1.29, 1.82) is 0 Å². The van der Waals surface area contributed by atoms with Crippen LogP contribution in [0.5, 0.6) is 0 Å². The molecule has 1 heterocycles. The van der Waals surface area contributed by atoms with Gasteiger partial charge in [-0.2, -0.15) is 5.10 Å². The number of aryl methyl sites for hydroxylation is 2. The third-order valence-corrected chi connectivity index (χ3v) is 3.58. The van der Waals surface area contributed by atoms with E-state index in [9.17, 15) is 4.79 Å². The van der Waals surface area contributed by atoms with E-state index in [-0.39, 0.29) is 5.91 Å². The number of hydrogen-bond donors (Lipinski definition) is 1. The maximum Gasteiger partial charge on any atom is 0.223 e. The molecule has 2 aliphatic carbocycles. The molecular weight excluding hydrogens is 202 g/mol. The van der Waals surface area contributed by atoms with E-state index in [4.69, 9.17) is 0 Å². The summed E-state index contributed by atoms with van der Waals surface area (Å²) in [6, 6.07) is 0. The average Bonchev–Trinajstić information content (AvgIpc) is 2.94. The molecule has 0 unspecified atom stereocenters. The molecular formula is C12H17N3O. The van der Waals surface area contributed by atoms with E-state index >= 15 is 0 Å². The van der Waals surface area contributed by atoms with Crippen molar-refractivity contribution in [2.75, 3.05) is 0 Å². The SMILES string of the molecule is Cn1nc2c(c1CNC(=O)C1CC1)CCC2. The van der Waals surface area contributed by atoms with Gasteiger partial charge in [-0.15, -0.1) is 0 Å². The molecule has 0 radical (unpaired) electrons. The zero-order valence-electron chi connectivity index (χ0n) is 9.62. The molecule has 0 bridgehead atoms. The van der Waals surface area contributed by atoms with Crippen LogP contribution < -0.4 is 5.32 Å². The molecule has 4 nitrogen and oxygen atoms in total. The Hall–Kier alpha value is -1.32. The molecule has 0 aromatic carbocycles. The van der Waals surface area contributed by atoms with Crippen LogP contribution >= 0.6 is 0 Å². The van der Waals surface area contributed by atoms with Gasteiger partial charge in [0.25, 0.3) is 0 Å². The molecule has 4 heteroatoms. The number of rotatable bonds is 3. The molecule has 1 N–H and O–H groups in total. The molecule has 0 atom stereocenters. The second kappa shape index (κ2) is 3.61. The topological polar surface area (TPSA) is 46.9 Å². The van der Waals surface area contributed by atoms with Crippen LogP contribution in [-0.4, -0.2) is 15.7 Å². The maximum absolute atomic E-state index is 11.6. The normalized spacial score (nSPS) is 18.6. The Morgan fingerprint density at radius 3 is 3.06 bits per heavy atom. The first-order chi connectivity index (χ1) is 7.75. The lowest BCUT2D eigenvalue weighted by molar-refractivity contribution is -0.122. The van der Waals surface area contributed by atoms with E-state index in [2.05, 4.69) is 10.4 Å². The second-order valence-electron chi connectivity index (χ2n) is 4.84. The largest absolute Gasteiger partial charge is 0.350 e. The van der Waals surface area contributed by atoms with E-state index < -0.39 is 0 Å². The Bertz CT molecular complexity index is 432. The summed E-state index contributed by atoms with van der Waals surface area (Å²) in [6.45, 7) is 0.647. The minimum Gasteiger partial charge on any atom is -0.350 e. The van der Waals surface area contributed by atoms with Gasteiger partial charge in [-0.1, -0.05) is 0 Å². The highest BCUT2D eigenvalue weighted by Crippen LogP contribution is 2.29. The minimum atomic E-state index is 0.216. The van der Waals surface area contributed by atoms with Gasteiger partial charge in [-0.05, 0) is 37.7 Å². The maximum atomic E-state index is 11.6. The van der Waals surface area contributed by atoms with Crippen molar-refractivity contribution >= 4 is 5.91 Å². The van der Waals surface area contributed by atoms with Crippen molar-refractivity contribution in [2.24, 2.45) is 13.0 Å². The molecule has 0 aliphatic heterocycles. The molecule has 1 fully saturated rings. The summed E-state index contributed by atoms with van der Waals surface area (Å²) in [7, 11) is 1.97. The third-order valence-electron chi connectivity index (χ3n) is 3.58. The first kappa shape index (κ1) is 9.87. The van der Waals surface area contributed by atoms with Gasteiger partial charge in [-0.3, -0.25) is 9.48 Å². The first-order valence-electron chi connectivity index (χ1n) is 6.07. The quantitative estimate of drug-likeness (QED) is 0.822. The summed E-state index contributed by atoms with van der Waals surface area (Å²) in [5.74, 6) is 0.509. The number of fused-ring (bicyclic) bond motifs is 1. The van der Waals surface area contributed by atoms with Gasteiger partial charge in [0.1, 0.15) is 0 Å². The van der Waals surface area contributed by atoms with Crippen molar-refractivity contribution in [2.45, 2.75) is 38.6 Å². The van der Waals surface area contributed by atoms with Gasteiger partial charge in [0, 0.05) is 13.0 Å². The number of hydrogen-bond acceptors (Lipinski definition) is 2. The van der Waals surface area contributed by atoms with Crippen LogP contribution in [0.4, 0.5) is 0 Å². The van der Waals surface area contributed by atoms with Gasteiger partial charge < -0.3 is 5.32 Å². The van der Waals surface area contributed by atoms with Crippen LogP contribution in [0.1, 0.15) is 36.2 Å². The Balaban J connectivity index is 1.71. The number of carbonyl (C=O) groups excluding carboxylic acids is 1. The summed E-state index contributed by atoms with van der Waals surface area (Å²) in [4.78, 5) is 11.6. The summed E-state index contributed by atoms with van der Waals surface area (Å²) < 4.78 is 1.93. The van der Waals surface area contributed by atoms with Crippen LogP contribution in [0.3, 0.4) is 0 Å². The molecule has 3 rings (SSSR count). The lowest BCUT2D eigenvalue weighted by Gasteiger charge is -2.06. The lowest BCUT2D eigenvalue weighted by Crippen LogP contribution is -2.25. The molecule has 1 aromatic heterocycles. The third kappa shape index (κ3) is 1.62. The number of aromatic nitrogens is 2. The van der Waals surface area contributed by atoms with Crippen molar-refractivity contribution in [1.82, 2.24) is 15.1 Å². The highest BCUT2D eigenvalue weighted by molar-refractivity contribution is 5.80. The van der Waals surface area contributed by atoms with Gasteiger partial charge >= 0.3 is 0 Å². The molecule has 1 saturated carbocycles. The van der Waals surface area contributed by atoms with Gasteiger partial charge in [0.2, 0.25) is 5.91 Å². The van der Waals surface area contributed by atoms with Crippen molar-refractivity contribution in [3.8, 4) is 0 Å². The number of nitrogens with zero attached hydrogens (tertiary/aromatic N) is 2. The predicted octanol–water partition coefficient (Wildman–Crippen LogP) is 0.935. The van der Waals surface area contributed by atoms with Crippen LogP contribution in [0, 0.1) is 5.92 Å². The molecule has 1 aromatic rings. The molecule has 16 heavy (non-hydrogen) atoms. The molecule has 86 valence electrons. The fraction of sp³-hybridized carbons (Fsp3) is 0.667. The Kier molecular flexibility index (Phi) is 2.23. The van der Waals surface area contributed by atoms with Crippen molar-refractivity contribution < 1.29 is 4.79 Å². The van der Waals surface area contributed by atoms with Crippen LogP contribution in [0.2, 0.25) is 0 Å². The van der Waals surface area contributed by atoms with Crippen LogP contribution in [-0.2, 0) is 31.2 Å². The van der Waals surface area contributed by atoms with Crippen molar-refractivity contribution in [3.05, 3.63) is 17.0 Å². The van der Waals surface area contributed by atoms with Gasteiger partial charge in [0.15, 0.2) is 0 Å². The van der Waals surface area contributed by atoms with Crippen molar-refractivity contribution in [3.63, 3.8) is 0 Å². The highest BCUT2D eigenvalue weighted by Gasteiger charge is 2.30. The van der Waals surface area contributed by atoms with E-state index in [1.165, 1.54) is 23.4 Å². The molecule has 0 saturated heterocycles. The van der Waals surface area contributed by atoms with E-state index in [1.807, 2.05) is 11.7 Å². The number of nitrogens with one attached hydrogen (secondary N) is 1. The summed E-state index contributed by atoms with van der Waals surface area (Å²) in [6.07, 6.45) is 5.56.